The van der Waals surface area contributed by atoms with E-state index in [-0.39, 0.29) is 18.5 Å². The number of halogens is 1. The van der Waals surface area contributed by atoms with Gasteiger partial charge in [-0.2, -0.15) is 0 Å². The summed E-state index contributed by atoms with van der Waals surface area (Å²) in [7, 11) is 0. The van der Waals surface area contributed by atoms with Crippen molar-refractivity contribution in [2.45, 2.75) is 24.4 Å². The van der Waals surface area contributed by atoms with Crippen LogP contribution in [-0.2, 0) is 4.79 Å². The Kier molecular flexibility index (Phi) is 5.72. The number of imide groups is 1. The summed E-state index contributed by atoms with van der Waals surface area (Å²) in [6.45, 7) is 2.43. The van der Waals surface area contributed by atoms with E-state index in [1.54, 1.807) is 11.8 Å². The topological polar surface area (TPSA) is 83.4 Å². The molecule has 4 rings (SSSR count). The molecule has 1 N–H and O–H groups in total. The molecule has 0 atom stereocenters. The van der Waals surface area contributed by atoms with Gasteiger partial charge in [0.25, 0.3) is 0 Å². The molecule has 0 spiro atoms. The maximum atomic E-state index is 11.7. The molecule has 1 aromatic carbocycles. The van der Waals surface area contributed by atoms with Gasteiger partial charge in [0.2, 0.25) is 11.9 Å². The number of thioether (sulfide) groups is 1. The van der Waals surface area contributed by atoms with Crippen molar-refractivity contribution in [2.24, 2.45) is 0 Å². The maximum Gasteiger partial charge on any atom is 0.324 e. The first-order valence-corrected chi connectivity index (χ1v) is 10.7. The zero-order valence-corrected chi connectivity index (χ0v) is 16.9. The van der Waals surface area contributed by atoms with Crippen LogP contribution in [0, 0.1) is 0 Å². The monoisotopic (exact) mass is 420 g/mol. The number of carbonyl (C=O) groups is 2. The third kappa shape index (κ3) is 3.95. The average Bonchev–Trinajstić information content (AvgIpc) is 3.41. The number of rotatable bonds is 7. The van der Waals surface area contributed by atoms with Gasteiger partial charge in [-0.15, -0.1) is 10.2 Å². The quantitative estimate of drug-likeness (QED) is 0.421. The summed E-state index contributed by atoms with van der Waals surface area (Å²) >= 11 is 7.77. The zero-order chi connectivity index (χ0) is 19.5. The Morgan fingerprint density at radius 3 is 2.71 bits per heavy atom. The van der Waals surface area contributed by atoms with E-state index in [9.17, 15) is 9.59 Å². The lowest BCUT2D eigenvalue weighted by Gasteiger charge is -2.18. The minimum Gasteiger partial charge on any atom is -0.341 e. The Hall–Kier alpha value is -2.26. The lowest BCUT2D eigenvalue weighted by Crippen LogP contribution is -2.32. The summed E-state index contributed by atoms with van der Waals surface area (Å²) in [4.78, 5) is 26.8. The van der Waals surface area contributed by atoms with E-state index in [1.807, 2.05) is 28.8 Å². The van der Waals surface area contributed by atoms with Gasteiger partial charge in [0.05, 0.1) is 12.2 Å². The number of hydrogen-bond donors (Lipinski definition) is 1. The smallest absolute Gasteiger partial charge is 0.324 e. The SMILES string of the molecule is O=C1CNC(=O)N1CCCSc1nnc(N2CCCC2)n1-c1cccc(Cl)c1. The summed E-state index contributed by atoms with van der Waals surface area (Å²) in [5.74, 6) is 1.38. The zero-order valence-electron chi connectivity index (χ0n) is 15.3. The van der Waals surface area contributed by atoms with Crippen molar-refractivity contribution in [2.75, 3.05) is 36.8 Å². The van der Waals surface area contributed by atoms with Crippen molar-refractivity contribution >= 4 is 41.2 Å². The Morgan fingerprint density at radius 2 is 2.00 bits per heavy atom. The number of anilines is 1. The van der Waals surface area contributed by atoms with Gasteiger partial charge in [0, 0.05) is 30.4 Å². The van der Waals surface area contributed by atoms with E-state index in [0.717, 1.165) is 48.5 Å². The number of hydrogen-bond acceptors (Lipinski definition) is 6. The first kappa shape index (κ1) is 19.1. The van der Waals surface area contributed by atoms with Crippen molar-refractivity contribution in [1.82, 2.24) is 25.0 Å². The van der Waals surface area contributed by atoms with Crippen LogP contribution in [0.25, 0.3) is 5.69 Å². The average molecular weight is 421 g/mol. The second-order valence-corrected chi connectivity index (χ2v) is 8.20. The summed E-state index contributed by atoms with van der Waals surface area (Å²) < 4.78 is 2.04. The van der Waals surface area contributed by atoms with Crippen LogP contribution in [0.15, 0.2) is 29.4 Å². The van der Waals surface area contributed by atoms with Crippen LogP contribution in [0.3, 0.4) is 0 Å². The van der Waals surface area contributed by atoms with Gasteiger partial charge >= 0.3 is 6.03 Å². The number of urea groups is 1. The van der Waals surface area contributed by atoms with Crippen LogP contribution in [0.1, 0.15) is 19.3 Å². The van der Waals surface area contributed by atoms with Crippen molar-refractivity contribution in [3.63, 3.8) is 0 Å². The van der Waals surface area contributed by atoms with Crippen LogP contribution >= 0.6 is 23.4 Å². The van der Waals surface area contributed by atoms with Crippen molar-refractivity contribution in [3.8, 4) is 5.69 Å². The molecule has 10 heteroatoms. The van der Waals surface area contributed by atoms with Gasteiger partial charge in [-0.3, -0.25) is 14.3 Å². The highest BCUT2D eigenvalue weighted by Gasteiger charge is 2.28. The number of aromatic nitrogens is 3. The van der Waals surface area contributed by atoms with E-state index in [0.29, 0.717) is 18.0 Å². The van der Waals surface area contributed by atoms with Gasteiger partial charge in [-0.25, -0.2) is 4.79 Å². The molecule has 0 aliphatic carbocycles. The maximum absolute atomic E-state index is 11.7. The first-order valence-electron chi connectivity index (χ1n) is 9.31. The predicted molar refractivity (Wildman–Crippen MR) is 108 cm³/mol. The van der Waals surface area contributed by atoms with Gasteiger partial charge in [0.15, 0.2) is 5.16 Å². The molecule has 28 heavy (non-hydrogen) atoms. The molecule has 148 valence electrons. The van der Waals surface area contributed by atoms with Crippen LogP contribution in [0.2, 0.25) is 5.02 Å². The van der Waals surface area contributed by atoms with Crippen LogP contribution in [0.5, 0.6) is 0 Å². The largest absolute Gasteiger partial charge is 0.341 e. The number of benzene rings is 1. The third-order valence-corrected chi connectivity index (χ3v) is 6.02. The highest BCUT2D eigenvalue weighted by molar-refractivity contribution is 7.99. The van der Waals surface area contributed by atoms with Crippen molar-refractivity contribution in [1.29, 1.82) is 0 Å². The van der Waals surface area contributed by atoms with Crippen LogP contribution in [0.4, 0.5) is 10.7 Å². The van der Waals surface area contributed by atoms with Crippen LogP contribution in [-0.4, -0.2) is 63.5 Å². The van der Waals surface area contributed by atoms with E-state index in [1.165, 1.54) is 4.90 Å². The molecule has 3 amide bonds. The molecule has 8 nitrogen and oxygen atoms in total. The van der Waals surface area contributed by atoms with Crippen molar-refractivity contribution < 1.29 is 9.59 Å². The van der Waals surface area contributed by atoms with Gasteiger partial charge in [0.1, 0.15) is 0 Å². The van der Waals surface area contributed by atoms with Crippen molar-refractivity contribution in [3.05, 3.63) is 29.3 Å². The molecule has 0 unspecified atom stereocenters. The number of carbonyl (C=O) groups excluding carboxylic acids is 2. The molecule has 0 saturated carbocycles. The summed E-state index contributed by atoms with van der Waals surface area (Å²) in [5, 5.41) is 12.8. The molecule has 0 radical (unpaired) electrons. The normalized spacial score (nSPS) is 16.9. The lowest BCUT2D eigenvalue weighted by molar-refractivity contribution is -0.124. The number of nitrogens with zero attached hydrogens (tertiary/aromatic N) is 5. The van der Waals surface area contributed by atoms with Gasteiger partial charge < -0.3 is 10.2 Å². The summed E-state index contributed by atoms with van der Waals surface area (Å²) in [5.41, 5.74) is 0.927. The number of amides is 3. The lowest BCUT2D eigenvalue weighted by atomic mass is 10.3. The fraction of sp³-hybridized carbons (Fsp3) is 0.444. The standard InChI is InChI=1S/C18H21ClN6O2S/c19-13-5-3-6-14(11-13)25-16(23-7-1-2-8-23)21-22-18(25)28-10-4-9-24-15(26)12-20-17(24)27/h3,5-6,11H,1-2,4,7-10,12H2,(H,20,27). The highest BCUT2D eigenvalue weighted by atomic mass is 35.5. The van der Waals surface area contributed by atoms with E-state index < -0.39 is 0 Å². The second-order valence-electron chi connectivity index (χ2n) is 6.70. The highest BCUT2D eigenvalue weighted by Crippen LogP contribution is 2.29. The van der Waals surface area contributed by atoms with Crippen LogP contribution < -0.4 is 10.2 Å². The Labute approximate surface area is 172 Å². The Morgan fingerprint density at radius 1 is 1.18 bits per heavy atom. The molecule has 2 aromatic rings. The molecule has 1 aromatic heterocycles. The molecule has 2 saturated heterocycles. The van der Waals surface area contributed by atoms with Gasteiger partial charge in [-0.05, 0) is 37.5 Å². The molecular formula is C18H21ClN6O2S. The molecule has 2 aliphatic heterocycles. The molecular weight excluding hydrogens is 400 g/mol. The fourth-order valence-electron chi connectivity index (χ4n) is 3.39. The fourth-order valence-corrected chi connectivity index (χ4v) is 4.44. The van der Waals surface area contributed by atoms with Gasteiger partial charge in [-0.1, -0.05) is 29.4 Å². The predicted octanol–water partition coefficient (Wildman–Crippen LogP) is 2.55. The summed E-state index contributed by atoms with van der Waals surface area (Å²) in [6.07, 6.45) is 2.99. The number of nitrogens with one attached hydrogen (secondary N) is 1. The van der Waals surface area contributed by atoms with E-state index >= 15 is 0 Å². The molecule has 2 aliphatic rings. The molecule has 2 fully saturated rings. The van der Waals surface area contributed by atoms with E-state index in [4.69, 9.17) is 11.6 Å². The minimum absolute atomic E-state index is 0.0915. The Bertz CT molecular complexity index is 867. The van der Waals surface area contributed by atoms with E-state index in [2.05, 4.69) is 20.4 Å². The third-order valence-electron chi connectivity index (χ3n) is 4.77. The second kappa shape index (κ2) is 8.40. The first-order chi connectivity index (χ1) is 13.6. The summed E-state index contributed by atoms with van der Waals surface area (Å²) in [6, 6.07) is 7.34. The Balaban J connectivity index is 1.48. The molecule has 0 bridgehead atoms. The minimum atomic E-state index is -0.312. The molecule has 3 heterocycles.